The van der Waals surface area contributed by atoms with Gasteiger partial charge in [0.1, 0.15) is 12.6 Å². The molecule has 0 spiro atoms. The number of carbonyl (C=O) groups is 4. The fraction of sp³-hybridized carbons (Fsp3) is 0.818. The van der Waals surface area contributed by atoms with Crippen LogP contribution in [0.5, 0.6) is 0 Å². The first kappa shape index (κ1) is 29.8. The molecule has 4 N–H and O–H groups in total. The summed E-state index contributed by atoms with van der Waals surface area (Å²) in [6, 6.07) is -1.09. The SMILES string of the molecule is CCOCCNC(=O)COCCOCCNC(=O)CCC(NC(=O)C1CCN(C)CC1)C(=O)O. The molecule has 1 saturated heterocycles. The van der Waals surface area contributed by atoms with E-state index in [1.165, 1.54) is 0 Å². The summed E-state index contributed by atoms with van der Waals surface area (Å²) in [5, 5.41) is 17.2. The second-order valence-corrected chi connectivity index (χ2v) is 8.08. The van der Waals surface area contributed by atoms with E-state index in [1.807, 2.05) is 14.0 Å². The highest BCUT2D eigenvalue weighted by molar-refractivity contribution is 5.85. The number of hydrogen-bond donors (Lipinski definition) is 4. The lowest BCUT2D eigenvalue weighted by molar-refractivity contribution is -0.143. The van der Waals surface area contributed by atoms with E-state index in [-0.39, 0.29) is 69.5 Å². The lowest BCUT2D eigenvalue weighted by Crippen LogP contribution is -2.46. The van der Waals surface area contributed by atoms with Gasteiger partial charge in [0, 0.05) is 32.0 Å². The predicted octanol–water partition coefficient (Wildman–Crippen LogP) is -1.02. The summed E-state index contributed by atoms with van der Waals surface area (Å²) >= 11 is 0. The number of piperidine rings is 1. The van der Waals surface area contributed by atoms with Crippen molar-refractivity contribution in [1.82, 2.24) is 20.9 Å². The quantitative estimate of drug-likeness (QED) is 0.177. The van der Waals surface area contributed by atoms with E-state index in [4.69, 9.17) is 14.2 Å². The average molecular weight is 489 g/mol. The van der Waals surface area contributed by atoms with Crippen LogP contribution < -0.4 is 16.0 Å². The second kappa shape index (κ2) is 18.1. The Bertz CT molecular complexity index is 626. The predicted molar refractivity (Wildman–Crippen MR) is 123 cm³/mol. The summed E-state index contributed by atoms with van der Waals surface area (Å²) in [6.07, 6.45) is 1.39. The molecular formula is C22H40N4O8. The van der Waals surface area contributed by atoms with Crippen molar-refractivity contribution in [2.45, 2.75) is 38.6 Å². The zero-order valence-corrected chi connectivity index (χ0v) is 20.3. The van der Waals surface area contributed by atoms with Gasteiger partial charge >= 0.3 is 5.97 Å². The number of carboxylic acid groups (broad SMARTS) is 1. The number of carbonyl (C=O) groups excluding carboxylic acids is 3. The van der Waals surface area contributed by atoms with E-state index in [0.717, 1.165) is 13.1 Å². The molecule has 34 heavy (non-hydrogen) atoms. The van der Waals surface area contributed by atoms with Crippen molar-refractivity contribution in [3.8, 4) is 0 Å². The standard InChI is InChI=1S/C22H40N4O8/c1-3-32-12-8-24-20(28)16-34-15-14-33-13-9-23-19(27)5-4-18(22(30)31)25-21(29)17-6-10-26(2)11-7-17/h17-18H,3-16H2,1-2H3,(H,23,27)(H,24,28)(H,25,29)(H,30,31). The van der Waals surface area contributed by atoms with E-state index in [9.17, 15) is 24.3 Å². The molecule has 12 nitrogen and oxygen atoms in total. The molecule has 196 valence electrons. The molecule has 1 atom stereocenters. The van der Waals surface area contributed by atoms with Gasteiger partial charge in [0.15, 0.2) is 0 Å². The van der Waals surface area contributed by atoms with Gasteiger partial charge in [-0.05, 0) is 46.3 Å². The highest BCUT2D eigenvalue weighted by atomic mass is 16.5. The largest absolute Gasteiger partial charge is 0.480 e. The van der Waals surface area contributed by atoms with Gasteiger partial charge in [-0.25, -0.2) is 4.79 Å². The van der Waals surface area contributed by atoms with Crippen LogP contribution >= 0.6 is 0 Å². The molecule has 1 unspecified atom stereocenters. The minimum Gasteiger partial charge on any atom is -0.480 e. The number of carboxylic acids is 1. The van der Waals surface area contributed by atoms with Crippen LogP contribution in [-0.2, 0) is 33.4 Å². The maximum atomic E-state index is 12.3. The number of nitrogens with zero attached hydrogens (tertiary/aromatic N) is 1. The number of amides is 3. The molecule has 0 bridgehead atoms. The van der Waals surface area contributed by atoms with E-state index in [0.29, 0.717) is 32.6 Å². The lowest BCUT2D eigenvalue weighted by Gasteiger charge is -2.28. The van der Waals surface area contributed by atoms with E-state index in [1.54, 1.807) is 0 Å². The van der Waals surface area contributed by atoms with Gasteiger partial charge in [-0.3, -0.25) is 14.4 Å². The number of ether oxygens (including phenoxy) is 3. The topological polar surface area (TPSA) is 156 Å². The summed E-state index contributed by atoms with van der Waals surface area (Å²) in [6.45, 7) is 5.94. The third-order valence-electron chi connectivity index (χ3n) is 5.31. The monoisotopic (exact) mass is 488 g/mol. The van der Waals surface area contributed by atoms with Crippen molar-refractivity contribution in [2.24, 2.45) is 5.92 Å². The molecule has 12 heteroatoms. The Morgan fingerprint density at radius 1 is 0.941 bits per heavy atom. The van der Waals surface area contributed by atoms with Crippen LogP contribution in [0.15, 0.2) is 0 Å². The Morgan fingerprint density at radius 3 is 2.21 bits per heavy atom. The van der Waals surface area contributed by atoms with E-state index in [2.05, 4.69) is 20.9 Å². The van der Waals surface area contributed by atoms with Gasteiger partial charge in [0.25, 0.3) is 0 Å². The second-order valence-electron chi connectivity index (χ2n) is 8.08. The summed E-state index contributed by atoms with van der Waals surface area (Å²) in [4.78, 5) is 49.4. The summed E-state index contributed by atoms with van der Waals surface area (Å²) in [7, 11) is 1.99. The van der Waals surface area contributed by atoms with Crippen molar-refractivity contribution in [3.05, 3.63) is 0 Å². The Labute approximate surface area is 201 Å². The molecule has 1 heterocycles. The molecule has 3 amide bonds. The van der Waals surface area contributed by atoms with Crippen molar-refractivity contribution >= 4 is 23.7 Å². The first-order valence-electron chi connectivity index (χ1n) is 11.8. The smallest absolute Gasteiger partial charge is 0.326 e. The number of hydrogen-bond acceptors (Lipinski definition) is 8. The van der Waals surface area contributed by atoms with E-state index < -0.39 is 12.0 Å². The van der Waals surface area contributed by atoms with Crippen molar-refractivity contribution in [3.63, 3.8) is 0 Å². The molecule has 1 aliphatic heterocycles. The number of nitrogens with one attached hydrogen (secondary N) is 3. The van der Waals surface area contributed by atoms with Gasteiger partial charge in [0.2, 0.25) is 17.7 Å². The lowest BCUT2D eigenvalue weighted by atomic mass is 9.95. The fourth-order valence-corrected chi connectivity index (χ4v) is 3.29. The summed E-state index contributed by atoms with van der Waals surface area (Å²) in [5.41, 5.74) is 0. The molecule has 0 radical (unpaired) electrons. The average Bonchev–Trinajstić information content (AvgIpc) is 2.81. The van der Waals surface area contributed by atoms with Crippen molar-refractivity contribution in [1.29, 1.82) is 0 Å². The number of likely N-dealkylation sites (tertiary alicyclic amines) is 1. The molecule has 0 aliphatic carbocycles. The third-order valence-corrected chi connectivity index (χ3v) is 5.31. The molecule has 1 rings (SSSR count). The normalized spacial score (nSPS) is 15.5. The Balaban J connectivity index is 2.07. The first-order chi connectivity index (χ1) is 16.3. The third kappa shape index (κ3) is 14.1. The Hall–Kier alpha value is -2.28. The van der Waals surface area contributed by atoms with Crippen LogP contribution in [0.4, 0.5) is 0 Å². The molecule has 0 aromatic carbocycles. The molecule has 1 fully saturated rings. The van der Waals surface area contributed by atoms with Crippen LogP contribution in [0, 0.1) is 5.92 Å². The van der Waals surface area contributed by atoms with E-state index >= 15 is 0 Å². The van der Waals surface area contributed by atoms with Crippen LogP contribution in [0.1, 0.15) is 32.6 Å². The molecule has 0 saturated carbocycles. The highest BCUT2D eigenvalue weighted by Crippen LogP contribution is 2.16. The molecular weight excluding hydrogens is 448 g/mol. The number of rotatable bonds is 18. The summed E-state index contributed by atoms with van der Waals surface area (Å²) < 4.78 is 15.6. The van der Waals surface area contributed by atoms with Gasteiger partial charge in [-0.2, -0.15) is 0 Å². The van der Waals surface area contributed by atoms with Gasteiger partial charge in [-0.15, -0.1) is 0 Å². The molecule has 0 aromatic heterocycles. The van der Waals surface area contributed by atoms with Gasteiger partial charge in [0.05, 0.1) is 26.4 Å². The fourth-order valence-electron chi connectivity index (χ4n) is 3.29. The maximum absolute atomic E-state index is 12.3. The number of aliphatic carboxylic acids is 1. The zero-order valence-electron chi connectivity index (χ0n) is 20.3. The van der Waals surface area contributed by atoms with Crippen LogP contribution in [0.25, 0.3) is 0 Å². The zero-order chi connectivity index (χ0) is 25.2. The van der Waals surface area contributed by atoms with Crippen molar-refractivity contribution in [2.75, 3.05) is 72.9 Å². The summed E-state index contributed by atoms with van der Waals surface area (Å²) in [5.74, 6) is -2.15. The Morgan fingerprint density at radius 2 is 1.56 bits per heavy atom. The first-order valence-corrected chi connectivity index (χ1v) is 11.8. The minimum absolute atomic E-state index is 0.0147. The van der Waals surface area contributed by atoms with Crippen LogP contribution in [0.2, 0.25) is 0 Å². The van der Waals surface area contributed by atoms with Gasteiger partial charge in [-0.1, -0.05) is 0 Å². The minimum atomic E-state index is -1.15. The highest BCUT2D eigenvalue weighted by Gasteiger charge is 2.27. The van der Waals surface area contributed by atoms with Crippen molar-refractivity contribution < 1.29 is 38.5 Å². The van der Waals surface area contributed by atoms with Crippen LogP contribution in [0.3, 0.4) is 0 Å². The molecule has 1 aliphatic rings. The Kier molecular flexibility index (Phi) is 15.8. The van der Waals surface area contributed by atoms with Crippen LogP contribution in [-0.4, -0.2) is 113 Å². The molecule has 0 aromatic rings. The van der Waals surface area contributed by atoms with Gasteiger partial charge < -0.3 is 40.2 Å². The maximum Gasteiger partial charge on any atom is 0.326 e.